The van der Waals surface area contributed by atoms with Gasteiger partial charge in [-0.05, 0) is 41.7 Å². The van der Waals surface area contributed by atoms with Crippen molar-refractivity contribution in [3.63, 3.8) is 0 Å². The Morgan fingerprint density at radius 3 is 2.94 bits per heavy atom. The third kappa shape index (κ3) is 1.90. The summed E-state index contributed by atoms with van der Waals surface area (Å²) >= 11 is 1.78. The Bertz CT molecular complexity index is 522. The summed E-state index contributed by atoms with van der Waals surface area (Å²) in [4.78, 5) is 11.6. The summed E-state index contributed by atoms with van der Waals surface area (Å²) < 4.78 is 1.33. The molecule has 1 heterocycles. The zero-order valence-corrected chi connectivity index (χ0v) is 9.93. The van der Waals surface area contributed by atoms with Gasteiger partial charge in [-0.3, -0.25) is 4.79 Å². The van der Waals surface area contributed by atoms with Crippen LogP contribution in [0.1, 0.15) is 24.8 Å². The first-order chi connectivity index (χ1) is 7.84. The second kappa shape index (κ2) is 4.02. The van der Waals surface area contributed by atoms with Gasteiger partial charge < -0.3 is 0 Å². The van der Waals surface area contributed by atoms with Gasteiger partial charge in [-0.15, -0.1) is 11.3 Å². The minimum atomic E-state index is 0.407. The fourth-order valence-electron chi connectivity index (χ4n) is 2.09. The maximum absolute atomic E-state index is 11.6. The second-order valence-corrected chi connectivity index (χ2v) is 5.41. The number of hydrogen-bond donors (Lipinski definition) is 0. The smallest absolute Gasteiger partial charge is 0.136 e. The van der Waals surface area contributed by atoms with E-state index in [1.807, 2.05) is 0 Å². The van der Waals surface area contributed by atoms with Crippen LogP contribution in [0.5, 0.6) is 0 Å². The molecule has 0 amide bonds. The largest absolute Gasteiger partial charge is 0.299 e. The highest BCUT2D eigenvalue weighted by Gasteiger charge is 2.28. The molecule has 0 aliphatic heterocycles. The number of thiophene rings is 1. The predicted octanol–water partition coefficient (Wildman–Crippen LogP) is 3.81. The topological polar surface area (TPSA) is 17.1 Å². The van der Waals surface area contributed by atoms with Crippen LogP contribution in [0.2, 0.25) is 0 Å². The van der Waals surface area contributed by atoms with Crippen LogP contribution in [0, 0.1) is 5.92 Å². The van der Waals surface area contributed by atoms with Crippen LogP contribution in [-0.4, -0.2) is 5.78 Å². The molecule has 2 aromatic rings. The lowest BCUT2D eigenvalue weighted by atomic mass is 10.0. The zero-order chi connectivity index (χ0) is 11.0. The lowest BCUT2D eigenvalue weighted by Gasteiger charge is -1.98. The van der Waals surface area contributed by atoms with Crippen LogP contribution in [0.4, 0.5) is 0 Å². The van der Waals surface area contributed by atoms with Crippen molar-refractivity contribution < 1.29 is 4.79 Å². The molecule has 1 aromatic carbocycles. The Morgan fingerprint density at radius 1 is 1.31 bits per heavy atom. The normalized spacial score (nSPS) is 15.5. The lowest BCUT2D eigenvalue weighted by molar-refractivity contribution is -0.120. The van der Waals surface area contributed by atoms with Gasteiger partial charge in [0, 0.05) is 17.0 Å². The predicted molar refractivity (Wildman–Crippen MR) is 67.9 cm³/mol. The number of Topliss-reactive ketones (excluding diaryl/α,β-unsaturated/α-hetero) is 1. The zero-order valence-electron chi connectivity index (χ0n) is 9.11. The Kier molecular flexibility index (Phi) is 2.52. The van der Waals surface area contributed by atoms with Crippen LogP contribution < -0.4 is 0 Å². The third-order valence-corrected chi connectivity index (χ3v) is 4.25. The standard InChI is InChI=1S/C14H14OS/c15-13(10-5-6-10)8-7-11-9-16-14-4-2-1-3-12(11)14/h1-4,9-10H,5-8H2. The number of benzene rings is 1. The molecular weight excluding hydrogens is 216 g/mol. The Hall–Kier alpha value is -1.15. The van der Waals surface area contributed by atoms with Crippen molar-refractivity contribution in [2.24, 2.45) is 5.92 Å². The number of fused-ring (bicyclic) bond motifs is 1. The van der Waals surface area contributed by atoms with Crippen LogP contribution >= 0.6 is 11.3 Å². The van der Waals surface area contributed by atoms with Crippen molar-refractivity contribution in [2.45, 2.75) is 25.7 Å². The number of rotatable bonds is 4. The summed E-state index contributed by atoms with van der Waals surface area (Å²) in [5.41, 5.74) is 1.34. The van der Waals surface area contributed by atoms with Crippen LogP contribution in [0.3, 0.4) is 0 Å². The highest BCUT2D eigenvalue weighted by Crippen LogP contribution is 2.32. The Labute approximate surface area is 99.1 Å². The highest BCUT2D eigenvalue weighted by molar-refractivity contribution is 7.17. The molecule has 0 unspecified atom stereocenters. The van der Waals surface area contributed by atoms with E-state index in [0.717, 1.165) is 25.7 Å². The van der Waals surface area contributed by atoms with Gasteiger partial charge in [0.15, 0.2) is 0 Å². The quantitative estimate of drug-likeness (QED) is 0.780. The fraction of sp³-hybridized carbons (Fsp3) is 0.357. The van der Waals surface area contributed by atoms with Crippen molar-refractivity contribution in [3.05, 3.63) is 35.2 Å². The highest BCUT2D eigenvalue weighted by atomic mass is 32.1. The van der Waals surface area contributed by atoms with Crippen LogP contribution in [0.25, 0.3) is 10.1 Å². The van der Waals surface area contributed by atoms with E-state index >= 15 is 0 Å². The van der Waals surface area contributed by atoms with Gasteiger partial charge in [0.2, 0.25) is 0 Å². The van der Waals surface area contributed by atoms with E-state index in [-0.39, 0.29) is 0 Å². The van der Waals surface area contributed by atoms with Crippen LogP contribution in [-0.2, 0) is 11.2 Å². The summed E-state index contributed by atoms with van der Waals surface area (Å²) in [6.45, 7) is 0. The molecule has 82 valence electrons. The van der Waals surface area contributed by atoms with Crippen molar-refractivity contribution >= 4 is 27.2 Å². The van der Waals surface area contributed by atoms with E-state index < -0.39 is 0 Å². The Balaban J connectivity index is 1.76. The number of carbonyl (C=O) groups excluding carboxylic acids is 1. The molecule has 0 N–H and O–H groups in total. The molecule has 1 aromatic heterocycles. The lowest BCUT2D eigenvalue weighted by Crippen LogP contribution is -2.01. The summed E-state index contributed by atoms with van der Waals surface area (Å²) in [6.07, 6.45) is 3.90. The minimum absolute atomic E-state index is 0.407. The first-order valence-electron chi connectivity index (χ1n) is 5.82. The molecule has 0 saturated heterocycles. The molecule has 0 spiro atoms. The molecule has 2 heteroatoms. The summed E-state index contributed by atoms with van der Waals surface area (Å²) in [6, 6.07) is 8.44. The second-order valence-electron chi connectivity index (χ2n) is 4.50. The number of aryl methyl sites for hydroxylation is 1. The van der Waals surface area contributed by atoms with E-state index in [4.69, 9.17) is 0 Å². The molecule has 0 radical (unpaired) electrons. The molecule has 1 fully saturated rings. The molecule has 1 aliphatic carbocycles. The third-order valence-electron chi connectivity index (χ3n) is 3.23. The van der Waals surface area contributed by atoms with Crippen molar-refractivity contribution in [3.8, 4) is 0 Å². The number of hydrogen-bond acceptors (Lipinski definition) is 2. The molecular formula is C14H14OS. The van der Waals surface area contributed by atoms with Gasteiger partial charge in [0.05, 0.1) is 0 Å². The van der Waals surface area contributed by atoms with Crippen molar-refractivity contribution in [1.29, 1.82) is 0 Å². The SMILES string of the molecule is O=C(CCc1csc2ccccc12)C1CC1. The maximum atomic E-state index is 11.6. The molecule has 1 saturated carbocycles. The average Bonchev–Trinajstić information content (AvgIpc) is 3.08. The maximum Gasteiger partial charge on any atom is 0.136 e. The van der Waals surface area contributed by atoms with E-state index in [0.29, 0.717) is 11.7 Å². The molecule has 1 aliphatic rings. The average molecular weight is 230 g/mol. The van der Waals surface area contributed by atoms with Gasteiger partial charge in [-0.1, -0.05) is 18.2 Å². The molecule has 3 rings (SSSR count). The molecule has 1 nitrogen and oxygen atoms in total. The van der Waals surface area contributed by atoms with E-state index in [1.165, 1.54) is 15.6 Å². The number of carbonyl (C=O) groups is 1. The van der Waals surface area contributed by atoms with Gasteiger partial charge >= 0.3 is 0 Å². The Morgan fingerprint density at radius 2 is 2.12 bits per heavy atom. The number of ketones is 1. The monoisotopic (exact) mass is 230 g/mol. The summed E-state index contributed by atoms with van der Waals surface area (Å²) in [7, 11) is 0. The van der Waals surface area contributed by atoms with E-state index in [2.05, 4.69) is 29.6 Å². The summed E-state index contributed by atoms with van der Waals surface area (Å²) in [5, 5.41) is 3.53. The molecule has 0 atom stereocenters. The van der Waals surface area contributed by atoms with Crippen molar-refractivity contribution in [2.75, 3.05) is 0 Å². The minimum Gasteiger partial charge on any atom is -0.299 e. The first-order valence-corrected chi connectivity index (χ1v) is 6.70. The van der Waals surface area contributed by atoms with Gasteiger partial charge in [0.1, 0.15) is 5.78 Å². The van der Waals surface area contributed by atoms with Gasteiger partial charge in [-0.2, -0.15) is 0 Å². The van der Waals surface area contributed by atoms with Crippen molar-refractivity contribution in [1.82, 2.24) is 0 Å². The summed E-state index contributed by atoms with van der Waals surface area (Å²) in [5.74, 6) is 0.875. The first kappa shape index (κ1) is 10.0. The van der Waals surface area contributed by atoms with Gasteiger partial charge in [-0.25, -0.2) is 0 Å². The van der Waals surface area contributed by atoms with E-state index in [9.17, 15) is 4.79 Å². The fourth-order valence-corrected chi connectivity index (χ4v) is 3.09. The molecule has 16 heavy (non-hydrogen) atoms. The van der Waals surface area contributed by atoms with E-state index in [1.54, 1.807) is 11.3 Å². The molecule has 0 bridgehead atoms. The van der Waals surface area contributed by atoms with Gasteiger partial charge in [0.25, 0.3) is 0 Å². The van der Waals surface area contributed by atoms with Crippen LogP contribution in [0.15, 0.2) is 29.6 Å².